The van der Waals surface area contributed by atoms with E-state index >= 15 is 0 Å². The van der Waals surface area contributed by atoms with E-state index in [0.29, 0.717) is 18.8 Å². The molecule has 31 heavy (non-hydrogen) atoms. The van der Waals surface area contributed by atoms with Gasteiger partial charge in [0.1, 0.15) is 5.69 Å². The van der Waals surface area contributed by atoms with Crippen LogP contribution < -0.4 is 5.32 Å². The molecule has 1 aromatic heterocycles. The van der Waals surface area contributed by atoms with Gasteiger partial charge in [0.25, 0.3) is 5.69 Å². The van der Waals surface area contributed by atoms with Gasteiger partial charge < -0.3 is 5.32 Å². The highest BCUT2D eigenvalue weighted by atomic mass is 32.2. The lowest BCUT2D eigenvalue weighted by Crippen LogP contribution is -2.28. The third-order valence-electron chi connectivity index (χ3n) is 5.28. The maximum absolute atomic E-state index is 12.9. The molecule has 1 unspecified atom stereocenters. The first-order chi connectivity index (χ1) is 15.0. The zero-order valence-corrected chi connectivity index (χ0v) is 17.5. The van der Waals surface area contributed by atoms with E-state index in [0.717, 1.165) is 24.5 Å². The fourth-order valence-corrected chi connectivity index (χ4v) is 5.24. The topological polar surface area (TPSA) is 105 Å². The van der Waals surface area contributed by atoms with Crippen molar-refractivity contribution in [3.63, 3.8) is 0 Å². The van der Waals surface area contributed by atoms with Gasteiger partial charge in [-0.1, -0.05) is 36.4 Å². The molecule has 0 spiro atoms. The Morgan fingerprint density at radius 3 is 2.35 bits per heavy atom. The minimum atomic E-state index is -3.76. The molecule has 9 heteroatoms. The second-order valence-corrected chi connectivity index (χ2v) is 9.23. The van der Waals surface area contributed by atoms with Crippen LogP contribution in [0.2, 0.25) is 0 Å². The third-order valence-corrected chi connectivity index (χ3v) is 7.18. The summed E-state index contributed by atoms with van der Waals surface area (Å²) in [6.07, 6.45) is 3.25. The predicted molar refractivity (Wildman–Crippen MR) is 117 cm³/mol. The Morgan fingerprint density at radius 1 is 1.00 bits per heavy atom. The van der Waals surface area contributed by atoms with Crippen LogP contribution >= 0.6 is 0 Å². The smallest absolute Gasteiger partial charge is 0.293 e. The lowest BCUT2D eigenvalue weighted by Gasteiger charge is -2.21. The standard InChI is InChI=1S/C22H22N4O4S/c27-26(28)21-16-18(31(29,30)25-14-6-7-15-25)11-12-19(21)24-22(17-8-2-1-3-9-17)20-10-4-5-13-23-20/h1-5,8-13,16,22,24H,6-7,14-15H2. The van der Waals surface area contributed by atoms with Crippen molar-refractivity contribution >= 4 is 21.4 Å². The van der Waals surface area contributed by atoms with Crippen molar-refractivity contribution in [3.8, 4) is 0 Å². The molecular weight excluding hydrogens is 416 g/mol. The van der Waals surface area contributed by atoms with Crippen LogP contribution in [-0.4, -0.2) is 35.7 Å². The van der Waals surface area contributed by atoms with Gasteiger partial charge in [-0.25, -0.2) is 8.42 Å². The molecule has 2 heterocycles. The minimum Gasteiger partial charge on any atom is -0.367 e. The minimum absolute atomic E-state index is 0.0688. The Bertz CT molecular complexity index is 1130. The van der Waals surface area contributed by atoms with Crippen molar-refractivity contribution in [3.05, 3.63) is 94.3 Å². The maximum Gasteiger partial charge on any atom is 0.293 e. The van der Waals surface area contributed by atoms with E-state index in [4.69, 9.17) is 0 Å². The zero-order valence-electron chi connectivity index (χ0n) is 16.7. The number of aromatic nitrogens is 1. The second kappa shape index (κ2) is 8.83. The van der Waals surface area contributed by atoms with Crippen molar-refractivity contribution in [2.45, 2.75) is 23.8 Å². The van der Waals surface area contributed by atoms with Gasteiger partial charge in [0.15, 0.2) is 0 Å². The van der Waals surface area contributed by atoms with E-state index in [-0.39, 0.29) is 16.3 Å². The molecule has 1 aliphatic heterocycles. The highest BCUT2D eigenvalue weighted by Crippen LogP contribution is 2.34. The van der Waals surface area contributed by atoms with E-state index in [1.807, 2.05) is 42.5 Å². The summed E-state index contributed by atoms with van der Waals surface area (Å²) in [4.78, 5) is 15.6. The number of rotatable bonds is 7. The molecule has 160 valence electrons. The number of nitrogens with zero attached hydrogens (tertiary/aromatic N) is 3. The van der Waals surface area contributed by atoms with Gasteiger partial charge in [0.05, 0.1) is 21.6 Å². The largest absolute Gasteiger partial charge is 0.367 e. The average molecular weight is 439 g/mol. The molecule has 4 rings (SSSR count). The molecule has 1 aliphatic rings. The summed E-state index contributed by atoms with van der Waals surface area (Å²) in [6.45, 7) is 0.873. The summed E-state index contributed by atoms with van der Waals surface area (Å²) in [6, 6.07) is 18.5. The van der Waals surface area contributed by atoms with Crippen LogP contribution in [0.5, 0.6) is 0 Å². The molecule has 1 N–H and O–H groups in total. The second-order valence-electron chi connectivity index (χ2n) is 7.29. The molecule has 1 atom stereocenters. The van der Waals surface area contributed by atoms with Crippen LogP contribution in [0.25, 0.3) is 0 Å². The van der Waals surface area contributed by atoms with Crippen LogP contribution in [0, 0.1) is 10.1 Å². The van der Waals surface area contributed by atoms with Crippen molar-refractivity contribution in [2.75, 3.05) is 18.4 Å². The van der Waals surface area contributed by atoms with Gasteiger partial charge in [0, 0.05) is 25.4 Å². The number of hydrogen-bond donors (Lipinski definition) is 1. The summed E-state index contributed by atoms with van der Waals surface area (Å²) in [5.41, 5.74) is 1.50. The van der Waals surface area contributed by atoms with Gasteiger partial charge in [-0.15, -0.1) is 0 Å². The molecule has 2 aromatic carbocycles. The Labute approximate surface area is 180 Å². The SMILES string of the molecule is O=[N+]([O-])c1cc(S(=O)(=O)N2CCCC2)ccc1NC(c1ccccc1)c1ccccn1. The Morgan fingerprint density at radius 2 is 1.71 bits per heavy atom. The summed E-state index contributed by atoms with van der Waals surface area (Å²) in [5, 5.41) is 15.0. The fourth-order valence-electron chi connectivity index (χ4n) is 3.70. The maximum atomic E-state index is 12.9. The molecule has 0 aliphatic carbocycles. The summed E-state index contributed by atoms with van der Waals surface area (Å²) in [5.74, 6) is 0. The van der Waals surface area contributed by atoms with Gasteiger partial charge >= 0.3 is 0 Å². The van der Waals surface area contributed by atoms with Crippen LogP contribution in [0.15, 0.2) is 77.8 Å². The molecule has 8 nitrogen and oxygen atoms in total. The van der Waals surface area contributed by atoms with Crippen LogP contribution in [0.3, 0.4) is 0 Å². The number of nitrogens with one attached hydrogen (secondary N) is 1. The quantitative estimate of drug-likeness (QED) is 0.442. The van der Waals surface area contributed by atoms with E-state index in [9.17, 15) is 18.5 Å². The Hall–Kier alpha value is -3.30. The molecule has 1 fully saturated rings. The first-order valence-corrected chi connectivity index (χ1v) is 11.4. The van der Waals surface area contributed by atoms with Gasteiger partial charge in [-0.2, -0.15) is 4.31 Å². The monoisotopic (exact) mass is 438 g/mol. The Balaban J connectivity index is 1.73. The molecule has 0 radical (unpaired) electrons. The van der Waals surface area contributed by atoms with Crippen LogP contribution in [0.4, 0.5) is 11.4 Å². The van der Waals surface area contributed by atoms with Crippen molar-refractivity contribution in [1.82, 2.24) is 9.29 Å². The fraction of sp³-hybridized carbons (Fsp3) is 0.227. The van der Waals surface area contributed by atoms with Crippen LogP contribution in [-0.2, 0) is 10.0 Å². The lowest BCUT2D eigenvalue weighted by atomic mass is 10.0. The summed E-state index contributed by atoms with van der Waals surface area (Å²) in [7, 11) is -3.76. The first kappa shape index (κ1) is 21.0. The molecule has 1 saturated heterocycles. The van der Waals surface area contributed by atoms with Crippen molar-refractivity contribution < 1.29 is 13.3 Å². The van der Waals surface area contributed by atoms with E-state index in [1.54, 1.807) is 12.3 Å². The number of nitro groups is 1. The Kier molecular flexibility index (Phi) is 5.97. The number of benzene rings is 2. The van der Waals surface area contributed by atoms with Gasteiger partial charge in [-0.05, 0) is 42.7 Å². The first-order valence-electron chi connectivity index (χ1n) is 9.98. The molecule has 0 bridgehead atoms. The van der Waals surface area contributed by atoms with Crippen molar-refractivity contribution in [1.29, 1.82) is 0 Å². The van der Waals surface area contributed by atoms with E-state index in [2.05, 4.69) is 10.3 Å². The van der Waals surface area contributed by atoms with Crippen molar-refractivity contribution in [2.24, 2.45) is 0 Å². The number of nitro benzene ring substituents is 1. The molecule has 0 amide bonds. The third kappa shape index (κ3) is 4.42. The number of pyridine rings is 1. The highest BCUT2D eigenvalue weighted by molar-refractivity contribution is 7.89. The summed E-state index contributed by atoms with van der Waals surface area (Å²) >= 11 is 0. The number of sulfonamides is 1. The normalized spacial score (nSPS) is 15.5. The molecule has 0 saturated carbocycles. The molecule has 3 aromatic rings. The lowest BCUT2D eigenvalue weighted by molar-refractivity contribution is -0.384. The van der Waals surface area contributed by atoms with Crippen LogP contribution in [0.1, 0.15) is 30.1 Å². The highest BCUT2D eigenvalue weighted by Gasteiger charge is 2.30. The number of hydrogen-bond acceptors (Lipinski definition) is 6. The molecular formula is C22H22N4O4S. The van der Waals surface area contributed by atoms with Gasteiger partial charge in [0.2, 0.25) is 10.0 Å². The summed E-state index contributed by atoms with van der Waals surface area (Å²) < 4.78 is 27.1. The average Bonchev–Trinajstić information content (AvgIpc) is 3.34. The number of anilines is 1. The zero-order chi connectivity index (χ0) is 21.8. The van der Waals surface area contributed by atoms with E-state index < -0.39 is 21.0 Å². The predicted octanol–water partition coefficient (Wildman–Crippen LogP) is 3.98. The van der Waals surface area contributed by atoms with Gasteiger partial charge in [-0.3, -0.25) is 15.1 Å². The van der Waals surface area contributed by atoms with E-state index in [1.165, 1.54) is 16.4 Å².